The summed E-state index contributed by atoms with van der Waals surface area (Å²) in [5.41, 5.74) is 1.98. The molecule has 0 amide bonds. The summed E-state index contributed by atoms with van der Waals surface area (Å²) < 4.78 is 27.1. The third kappa shape index (κ3) is 5.14. The Morgan fingerprint density at radius 1 is 1.35 bits per heavy atom. The van der Waals surface area contributed by atoms with Gasteiger partial charge in [0, 0.05) is 18.2 Å². The summed E-state index contributed by atoms with van der Waals surface area (Å²) in [6.07, 6.45) is 7.39. The van der Waals surface area contributed by atoms with Gasteiger partial charge in [0.25, 0.3) is 6.36 Å². The van der Waals surface area contributed by atoms with E-state index in [0.717, 1.165) is 30.4 Å². The van der Waals surface area contributed by atoms with E-state index in [1.165, 1.54) is 20.0 Å². The van der Waals surface area contributed by atoms with Gasteiger partial charge in [0.2, 0.25) is 0 Å². The zero-order chi connectivity index (χ0) is 24.5. The predicted octanol–water partition coefficient (Wildman–Crippen LogP) is 5.86. The molecule has 0 spiro atoms. The SMILES string of the molecule is C=CC(F)Oc1cc(-c2cnc3cc(C(C)(C)O)ccn23)cc(OC)c1C(=O)CCCC1CC1. The van der Waals surface area contributed by atoms with Gasteiger partial charge in [-0.3, -0.25) is 9.20 Å². The summed E-state index contributed by atoms with van der Waals surface area (Å²) in [6, 6.07) is 7.01. The third-order valence-corrected chi connectivity index (χ3v) is 6.22. The number of hydrogen-bond acceptors (Lipinski definition) is 5. The Hall–Kier alpha value is -3.19. The Balaban J connectivity index is 1.75. The van der Waals surface area contributed by atoms with Crippen LogP contribution in [0.1, 0.15) is 61.9 Å². The Morgan fingerprint density at radius 2 is 2.09 bits per heavy atom. The van der Waals surface area contributed by atoms with Crippen LogP contribution in [0.15, 0.2) is 49.3 Å². The number of aromatic nitrogens is 2. The molecule has 6 nitrogen and oxygen atoms in total. The highest BCUT2D eigenvalue weighted by Gasteiger charge is 2.25. The minimum Gasteiger partial charge on any atom is -0.496 e. The molecular formula is C27H31FN2O4. The topological polar surface area (TPSA) is 73.1 Å². The molecule has 0 bridgehead atoms. The molecule has 34 heavy (non-hydrogen) atoms. The molecule has 3 aromatic rings. The van der Waals surface area contributed by atoms with Crippen LogP contribution in [0.5, 0.6) is 11.5 Å². The van der Waals surface area contributed by atoms with Crippen molar-refractivity contribution in [3.8, 4) is 22.8 Å². The number of pyridine rings is 1. The van der Waals surface area contributed by atoms with E-state index in [1.807, 2.05) is 22.7 Å². The van der Waals surface area contributed by atoms with Crippen molar-refractivity contribution in [1.29, 1.82) is 0 Å². The number of carbonyl (C=O) groups is 1. The summed E-state index contributed by atoms with van der Waals surface area (Å²) in [5, 5.41) is 10.3. The second-order valence-electron chi connectivity index (χ2n) is 9.36. The number of nitrogens with zero attached hydrogens (tertiary/aromatic N) is 2. The van der Waals surface area contributed by atoms with Crippen LogP contribution < -0.4 is 9.47 Å². The van der Waals surface area contributed by atoms with E-state index in [4.69, 9.17) is 9.47 Å². The first kappa shape index (κ1) is 24.0. The highest BCUT2D eigenvalue weighted by Crippen LogP contribution is 2.39. The zero-order valence-corrected chi connectivity index (χ0v) is 19.9. The number of halogens is 1. The molecule has 1 N–H and O–H groups in total. The summed E-state index contributed by atoms with van der Waals surface area (Å²) in [4.78, 5) is 17.6. The van der Waals surface area contributed by atoms with E-state index in [2.05, 4.69) is 11.6 Å². The number of imidazole rings is 1. The molecule has 2 heterocycles. The lowest BCUT2D eigenvalue weighted by Gasteiger charge is -2.18. The normalized spacial score (nSPS) is 14.7. The van der Waals surface area contributed by atoms with Crippen molar-refractivity contribution in [2.24, 2.45) is 5.92 Å². The molecule has 1 aliphatic carbocycles. The molecular weight excluding hydrogens is 435 g/mol. The second kappa shape index (κ2) is 9.58. The summed E-state index contributed by atoms with van der Waals surface area (Å²) in [7, 11) is 1.48. The number of ketones is 1. The minimum absolute atomic E-state index is 0.112. The van der Waals surface area contributed by atoms with Crippen molar-refractivity contribution in [2.45, 2.75) is 57.9 Å². The van der Waals surface area contributed by atoms with Gasteiger partial charge in [0.1, 0.15) is 22.7 Å². The van der Waals surface area contributed by atoms with Crippen LogP contribution in [-0.2, 0) is 5.60 Å². The lowest BCUT2D eigenvalue weighted by molar-refractivity contribution is 0.0785. The van der Waals surface area contributed by atoms with Gasteiger partial charge in [0.15, 0.2) is 5.78 Å². The molecule has 1 aliphatic rings. The maximum Gasteiger partial charge on any atom is 0.257 e. The van der Waals surface area contributed by atoms with Gasteiger partial charge in [-0.1, -0.05) is 25.8 Å². The van der Waals surface area contributed by atoms with E-state index in [9.17, 15) is 14.3 Å². The van der Waals surface area contributed by atoms with E-state index in [0.29, 0.717) is 29.1 Å². The Bertz CT molecular complexity index is 1210. The zero-order valence-electron chi connectivity index (χ0n) is 19.9. The molecule has 1 fully saturated rings. The van der Waals surface area contributed by atoms with Crippen LogP contribution >= 0.6 is 0 Å². The maximum atomic E-state index is 14.2. The number of rotatable bonds is 11. The van der Waals surface area contributed by atoms with E-state index in [1.54, 1.807) is 32.2 Å². The van der Waals surface area contributed by atoms with Gasteiger partial charge in [-0.25, -0.2) is 4.98 Å². The number of fused-ring (bicyclic) bond motifs is 1. The number of benzene rings is 1. The lowest BCUT2D eigenvalue weighted by Crippen LogP contribution is -2.15. The van der Waals surface area contributed by atoms with Gasteiger partial charge in [-0.15, -0.1) is 0 Å². The van der Waals surface area contributed by atoms with Crippen LogP contribution in [0.2, 0.25) is 0 Å². The fourth-order valence-electron chi connectivity index (χ4n) is 4.09. The molecule has 180 valence electrons. The quantitative estimate of drug-likeness (QED) is 0.283. The lowest BCUT2D eigenvalue weighted by atomic mass is 9.99. The molecule has 2 aromatic heterocycles. The van der Waals surface area contributed by atoms with Crippen molar-refractivity contribution in [3.63, 3.8) is 0 Å². The molecule has 0 saturated heterocycles. The summed E-state index contributed by atoms with van der Waals surface area (Å²) in [6.45, 7) is 6.87. The van der Waals surface area contributed by atoms with Gasteiger partial charge in [0.05, 0.1) is 24.6 Å². The summed E-state index contributed by atoms with van der Waals surface area (Å²) in [5.74, 6) is 1.03. The molecule has 1 saturated carbocycles. The van der Waals surface area contributed by atoms with Gasteiger partial charge < -0.3 is 14.6 Å². The van der Waals surface area contributed by atoms with Gasteiger partial charge in [-0.05, 0) is 62.1 Å². The molecule has 1 atom stereocenters. The van der Waals surface area contributed by atoms with Gasteiger partial charge in [-0.2, -0.15) is 4.39 Å². The third-order valence-electron chi connectivity index (χ3n) is 6.22. The number of aliphatic hydroxyl groups is 1. The average molecular weight is 467 g/mol. The van der Waals surface area contributed by atoms with Crippen molar-refractivity contribution in [2.75, 3.05) is 7.11 Å². The molecule has 0 aliphatic heterocycles. The maximum absolute atomic E-state index is 14.2. The number of alkyl halides is 1. The smallest absolute Gasteiger partial charge is 0.257 e. The fourth-order valence-corrected chi connectivity index (χ4v) is 4.09. The first-order valence-corrected chi connectivity index (χ1v) is 11.6. The van der Waals surface area contributed by atoms with Crippen LogP contribution in [0.25, 0.3) is 16.9 Å². The molecule has 4 rings (SSSR count). The minimum atomic E-state index is -1.77. The number of carbonyl (C=O) groups excluding carboxylic acids is 1. The van der Waals surface area contributed by atoms with Crippen molar-refractivity contribution in [1.82, 2.24) is 9.38 Å². The van der Waals surface area contributed by atoms with Crippen molar-refractivity contribution in [3.05, 3.63) is 60.4 Å². The first-order chi connectivity index (χ1) is 16.2. The number of hydrogen-bond donors (Lipinski definition) is 1. The van der Waals surface area contributed by atoms with Crippen LogP contribution in [0.3, 0.4) is 0 Å². The summed E-state index contributed by atoms with van der Waals surface area (Å²) >= 11 is 0. The average Bonchev–Trinajstić information content (AvgIpc) is 3.53. The number of ether oxygens (including phenoxy) is 2. The van der Waals surface area contributed by atoms with Crippen LogP contribution in [-0.4, -0.2) is 33.7 Å². The second-order valence-corrected chi connectivity index (χ2v) is 9.36. The molecule has 1 aromatic carbocycles. The highest BCUT2D eigenvalue weighted by molar-refractivity contribution is 6.02. The highest BCUT2D eigenvalue weighted by atomic mass is 19.1. The Labute approximate surface area is 199 Å². The Morgan fingerprint density at radius 3 is 2.74 bits per heavy atom. The standard InChI is InChI=1S/C27H31FN2O4/c1-5-24(28)34-23-14-18(13-22(33-4)26(23)21(31)8-6-7-17-9-10-17)20-16-29-25-15-19(27(2,3)32)11-12-30(20)25/h5,11-17,24,32H,1,6-10H2,2-4H3. The fraction of sp³-hybridized carbons (Fsp3) is 0.407. The van der Waals surface area contributed by atoms with Crippen LogP contribution in [0, 0.1) is 5.92 Å². The molecule has 7 heteroatoms. The monoisotopic (exact) mass is 466 g/mol. The molecule has 0 radical (unpaired) electrons. The predicted molar refractivity (Wildman–Crippen MR) is 129 cm³/mol. The number of Topliss-reactive ketones (excluding diaryl/α,β-unsaturated/α-hetero) is 1. The first-order valence-electron chi connectivity index (χ1n) is 11.6. The Kier molecular flexibility index (Phi) is 6.75. The van der Waals surface area contributed by atoms with Crippen LogP contribution in [0.4, 0.5) is 4.39 Å². The van der Waals surface area contributed by atoms with E-state index >= 15 is 0 Å². The van der Waals surface area contributed by atoms with Crippen molar-refractivity contribution >= 4 is 11.4 Å². The van der Waals surface area contributed by atoms with E-state index in [-0.39, 0.29) is 17.1 Å². The van der Waals surface area contributed by atoms with Crippen molar-refractivity contribution < 1.29 is 23.8 Å². The molecule has 1 unspecified atom stereocenters. The van der Waals surface area contributed by atoms with Gasteiger partial charge >= 0.3 is 0 Å². The largest absolute Gasteiger partial charge is 0.496 e. The van der Waals surface area contributed by atoms with E-state index < -0.39 is 12.0 Å². The number of methoxy groups -OCH3 is 1.